The van der Waals surface area contributed by atoms with Gasteiger partial charge in [0, 0.05) is 31.4 Å². The predicted molar refractivity (Wildman–Crippen MR) is 89.8 cm³/mol. The van der Waals surface area contributed by atoms with E-state index in [4.69, 9.17) is 17.0 Å². The van der Waals surface area contributed by atoms with Gasteiger partial charge in [-0.2, -0.15) is 0 Å². The maximum atomic E-state index is 11.7. The van der Waals surface area contributed by atoms with Crippen molar-refractivity contribution >= 4 is 35.0 Å². The summed E-state index contributed by atoms with van der Waals surface area (Å²) in [6.07, 6.45) is 5.05. The molecule has 7 nitrogen and oxygen atoms in total. The molecule has 8 heteroatoms. The highest BCUT2D eigenvalue weighted by atomic mass is 32.1. The van der Waals surface area contributed by atoms with E-state index in [0.717, 1.165) is 19.4 Å². The number of nitrogens with zero attached hydrogens (tertiary/aromatic N) is 1. The van der Waals surface area contributed by atoms with Crippen molar-refractivity contribution in [3.8, 4) is 0 Å². The lowest BCUT2D eigenvalue weighted by Crippen LogP contribution is -2.41. The van der Waals surface area contributed by atoms with Gasteiger partial charge in [-0.15, -0.1) is 0 Å². The lowest BCUT2D eigenvalue weighted by molar-refractivity contribution is -0.384. The van der Waals surface area contributed by atoms with Crippen LogP contribution in [-0.2, 0) is 9.53 Å². The summed E-state index contributed by atoms with van der Waals surface area (Å²) in [5.74, 6) is -0.367. The summed E-state index contributed by atoms with van der Waals surface area (Å²) in [4.78, 5) is 21.8. The van der Waals surface area contributed by atoms with Crippen LogP contribution >= 0.6 is 12.2 Å². The van der Waals surface area contributed by atoms with Crippen molar-refractivity contribution in [3.63, 3.8) is 0 Å². The van der Waals surface area contributed by atoms with Gasteiger partial charge < -0.3 is 10.1 Å². The van der Waals surface area contributed by atoms with Gasteiger partial charge in [0.1, 0.15) is 0 Å². The maximum Gasteiger partial charge on any atom is 0.269 e. The van der Waals surface area contributed by atoms with Gasteiger partial charge in [0.25, 0.3) is 5.69 Å². The summed E-state index contributed by atoms with van der Waals surface area (Å²) in [6, 6.07) is 5.89. The zero-order valence-electron chi connectivity index (χ0n) is 12.4. The van der Waals surface area contributed by atoms with Crippen molar-refractivity contribution in [3.05, 3.63) is 46.0 Å². The molecule has 0 spiro atoms. The Balaban J connectivity index is 1.76. The second-order valence-electron chi connectivity index (χ2n) is 5.02. The smallest absolute Gasteiger partial charge is 0.269 e. The van der Waals surface area contributed by atoms with Gasteiger partial charge in [-0.3, -0.25) is 20.2 Å². The minimum absolute atomic E-state index is 0.00566. The van der Waals surface area contributed by atoms with Crippen LogP contribution in [0.2, 0.25) is 0 Å². The van der Waals surface area contributed by atoms with Crippen LogP contribution in [0.25, 0.3) is 6.08 Å². The van der Waals surface area contributed by atoms with Gasteiger partial charge >= 0.3 is 0 Å². The quantitative estimate of drug-likeness (QED) is 0.369. The molecule has 122 valence electrons. The number of carbonyl (C=O) groups excluding carboxylic acids is 1. The molecule has 1 aromatic carbocycles. The fraction of sp³-hybridized carbons (Fsp3) is 0.333. The van der Waals surface area contributed by atoms with Crippen molar-refractivity contribution in [2.45, 2.75) is 18.9 Å². The van der Waals surface area contributed by atoms with Crippen LogP contribution in [0.3, 0.4) is 0 Å². The minimum Gasteiger partial charge on any atom is -0.376 e. The molecule has 1 aliphatic rings. The second kappa shape index (κ2) is 8.35. The van der Waals surface area contributed by atoms with Crippen molar-refractivity contribution in [1.29, 1.82) is 0 Å². The van der Waals surface area contributed by atoms with Gasteiger partial charge in [0.05, 0.1) is 11.0 Å². The van der Waals surface area contributed by atoms with Crippen LogP contribution in [0.15, 0.2) is 30.3 Å². The Hall–Kier alpha value is -2.32. The first-order valence-electron chi connectivity index (χ1n) is 7.17. The zero-order chi connectivity index (χ0) is 16.7. The first kappa shape index (κ1) is 17.0. The minimum atomic E-state index is -0.474. The van der Waals surface area contributed by atoms with Crippen LogP contribution in [0.1, 0.15) is 18.4 Å². The molecule has 1 amide bonds. The van der Waals surface area contributed by atoms with E-state index in [2.05, 4.69) is 10.6 Å². The number of rotatable bonds is 5. The SMILES string of the molecule is O=C(/C=C/c1ccc([N+](=O)[O-])cc1)NC(=S)NCC1CCCO1. The number of hydrogen-bond donors (Lipinski definition) is 2. The highest BCUT2D eigenvalue weighted by molar-refractivity contribution is 7.80. The van der Waals surface area contributed by atoms with Crippen LogP contribution in [-0.4, -0.2) is 35.2 Å². The molecule has 2 N–H and O–H groups in total. The molecule has 1 unspecified atom stereocenters. The Morgan fingerprint density at radius 2 is 2.17 bits per heavy atom. The average molecular weight is 335 g/mol. The van der Waals surface area contributed by atoms with E-state index >= 15 is 0 Å². The zero-order valence-corrected chi connectivity index (χ0v) is 13.2. The van der Waals surface area contributed by atoms with E-state index in [1.54, 1.807) is 18.2 Å². The fourth-order valence-corrected chi connectivity index (χ4v) is 2.27. The maximum absolute atomic E-state index is 11.7. The molecule has 1 heterocycles. The third kappa shape index (κ3) is 5.76. The number of carbonyl (C=O) groups is 1. The number of non-ortho nitro benzene ring substituents is 1. The van der Waals surface area contributed by atoms with E-state index in [-0.39, 0.29) is 22.8 Å². The molecular weight excluding hydrogens is 318 g/mol. The van der Waals surface area contributed by atoms with Crippen molar-refractivity contribution in [2.75, 3.05) is 13.2 Å². The van der Waals surface area contributed by atoms with Crippen LogP contribution in [0.5, 0.6) is 0 Å². The normalized spacial score (nSPS) is 17.1. The standard InChI is InChI=1S/C15H17N3O4S/c19-14(17-15(23)16-10-13-2-1-9-22-13)8-5-11-3-6-12(7-4-11)18(20)21/h3-8,13H,1-2,9-10H2,(H2,16,17,19,23)/b8-5+. The van der Waals surface area contributed by atoms with Gasteiger partial charge in [-0.1, -0.05) is 0 Å². The Labute approximate surface area is 138 Å². The molecule has 2 rings (SSSR count). The average Bonchev–Trinajstić information content (AvgIpc) is 3.05. The summed E-state index contributed by atoms with van der Waals surface area (Å²) in [5.41, 5.74) is 0.690. The second-order valence-corrected chi connectivity index (χ2v) is 5.42. The van der Waals surface area contributed by atoms with Crippen LogP contribution < -0.4 is 10.6 Å². The van der Waals surface area contributed by atoms with E-state index in [1.807, 2.05) is 0 Å². The molecule has 1 aromatic rings. The van der Waals surface area contributed by atoms with Crippen molar-refractivity contribution in [1.82, 2.24) is 10.6 Å². The molecule has 0 radical (unpaired) electrons. The summed E-state index contributed by atoms with van der Waals surface area (Å²) >= 11 is 5.03. The molecule has 0 bridgehead atoms. The topological polar surface area (TPSA) is 93.5 Å². The molecule has 0 aliphatic carbocycles. The monoisotopic (exact) mass is 335 g/mol. The van der Waals surface area contributed by atoms with E-state index in [0.29, 0.717) is 12.1 Å². The molecule has 0 saturated carbocycles. The number of benzene rings is 1. The Kier molecular flexibility index (Phi) is 6.19. The molecular formula is C15H17N3O4S. The third-order valence-electron chi connectivity index (χ3n) is 3.28. The summed E-state index contributed by atoms with van der Waals surface area (Å²) in [5, 5.41) is 16.3. The number of nitro benzene ring substituents is 1. The first-order chi connectivity index (χ1) is 11.0. The molecule has 1 saturated heterocycles. The molecule has 1 aliphatic heterocycles. The summed E-state index contributed by atoms with van der Waals surface area (Å²) in [6.45, 7) is 1.34. The largest absolute Gasteiger partial charge is 0.376 e. The van der Waals surface area contributed by atoms with E-state index in [9.17, 15) is 14.9 Å². The number of thiocarbonyl (C=S) groups is 1. The lowest BCUT2D eigenvalue weighted by atomic mass is 10.2. The number of nitrogens with one attached hydrogen (secondary N) is 2. The van der Waals surface area contributed by atoms with E-state index in [1.165, 1.54) is 18.2 Å². The van der Waals surface area contributed by atoms with E-state index < -0.39 is 4.92 Å². The lowest BCUT2D eigenvalue weighted by Gasteiger charge is -2.12. The van der Waals surface area contributed by atoms with Gasteiger partial charge in [0.15, 0.2) is 5.11 Å². The Bertz CT molecular complexity index is 610. The predicted octanol–water partition coefficient (Wildman–Crippen LogP) is 1.78. The van der Waals surface area contributed by atoms with Crippen molar-refractivity contribution < 1.29 is 14.5 Å². The first-order valence-corrected chi connectivity index (χ1v) is 7.58. The highest BCUT2D eigenvalue weighted by Crippen LogP contribution is 2.12. The molecule has 1 fully saturated rings. The van der Waals surface area contributed by atoms with Gasteiger partial charge in [-0.25, -0.2) is 0 Å². The Morgan fingerprint density at radius 3 is 2.78 bits per heavy atom. The third-order valence-corrected chi connectivity index (χ3v) is 3.53. The van der Waals surface area contributed by atoms with Crippen molar-refractivity contribution in [2.24, 2.45) is 0 Å². The summed E-state index contributed by atoms with van der Waals surface area (Å²) in [7, 11) is 0. The molecule has 1 atom stereocenters. The summed E-state index contributed by atoms with van der Waals surface area (Å²) < 4.78 is 5.44. The van der Waals surface area contributed by atoms with Crippen LogP contribution in [0.4, 0.5) is 5.69 Å². The number of ether oxygens (including phenoxy) is 1. The molecule has 23 heavy (non-hydrogen) atoms. The Morgan fingerprint density at radius 1 is 1.43 bits per heavy atom. The van der Waals surface area contributed by atoms with Gasteiger partial charge in [0.2, 0.25) is 5.91 Å². The highest BCUT2D eigenvalue weighted by Gasteiger charge is 2.15. The van der Waals surface area contributed by atoms with Crippen LogP contribution in [0, 0.1) is 10.1 Å². The van der Waals surface area contributed by atoms with Gasteiger partial charge in [-0.05, 0) is 48.8 Å². The molecule has 0 aromatic heterocycles. The number of amides is 1. The number of hydrogen-bond acceptors (Lipinski definition) is 5. The fourth-order valence-electron chi connectivity index (χ4n) is 2.09. The number of nitro groups is 1.